The summed E-state index contributed by atoms with van der Waals surface area (Å²) in [6, 6.07) is 0. The predicted molar refractivity (Wildman–Crippen MR) is 62.3 cm³/mol. The monoisotopic (exact) mass is 318 g/mol. The van der Waals surface area contributed by atoms with Crippen molar-refractivity contribution in [3.05, 3.63) is 0 Å². The molecule has 0 aromatic heterocycles. The summed E-state index contributed by atoms with van der Waals surface area (Å²) in [4.78, 5) is 17.0. The summed E-state index contributed by atoms with van der Waals surface area (Å²) < 4.78 is 24.7. The maximum absolute atomic E-state index is 10.5. The summed E-state index contributed by atoms with van der Waals surface area (Å²) >= 11 is 0. The van der Waals surface area contributed by atoms with Gasteiger partial charge in [0.25, 0.3) is 0 Å². The molecule has 1 rings (SSSR count). The number of rotatable bonds is 6. The Bertz CT molecular complexity index is 346. The van der Waals surface area contributed by atoms with Crippen LogP contribution in [0, 0.1) is 0 Å². The third kappa shape index (κ3) is 4.71. The van der Waals surface area contributed by atoms with Crippen LogP contribution in [0.1, 0.15) is 6.92 Å². The van der Waals surface area contributed by atoms with E-state index in [2.05, 4.69) is 4.52 Å². The van der Waals surface area contributed by atoms with Gasteiger partial charge < -0.3 is 39.7 Å². The van der Waals surface area contributed by atoms with Gasteiger partial charge in [-0.2, -0.15) is 0 Å². The molecule has 1 heterocycles. The summed E-state index contributed by atoms with van der Waals surface area (Å²) in [6.07, 6.45) is -9.18. The molecule has 0 aromatic rings. The van der Waals surface area contributed by atoms with Crippen molar-refractivity contribution in [2.75, 3.05) is 13.2 Å². The van der Waals surface area contributed by atoms with Gasteiger partial charge in [-0.25, -0.2) is 4.57 Å². The molecule has 1 aliphatic heterocycles. The second-order valence-electron chi connectivity index (χ2n) is 4.25. The molecule has 0 amide bonds. The maximum atomic E-state index is 10.5. The fraction of sp³-hybridized carbons (Fsp3) is 1.00. The van der Waals surface area contributed by atoms with Crippen LogP contribution in [0.5, 0.6) is 0 Å². The van der Waals surface area contributed by atoms with E-state index in [1.54, 1.807) is 6.92 Å². The highest BCUT2D eigenvalue weighted by Gasteiger charge is 2.47. The summed E-state index contributed by atoms with van der Waals surface area (Å²) in [5.74, 6) is 0. The van der Waals surface area contributed by atoms with Gasteiger partial charge in [-0.15, -0.1) is 0 Å². The van der Waals surface area contributed by atoms with E-state index in [0.717, 1.165) is 0 Å². The van der Waals surface area contributed by atoms with Gasteiger partial charge >= 0.3 is 7.82 Å². The fourth-order valence-electron chi connectivity index (χ4n) is 1.76. The predicted octanol–water partition coefficient (Wildman–Crippen LogP) is -2.70. The largest absolute Gasteiger partial charge is 0.469 e. The number of aliphatic hydroxyl groups is 4. The van der Waals surface area contributed by atoms with Crippen LogP contribution < -0.4 is 0 Å². The lowest BCUT2D eigenvalue weighted by atomic mass is 9.95. The second-order valence-corrected chi connectivity index (χ2v) is 5.49. The molecule has 1 fully saturated rings. The molecule has 120 valence electrons. The molecule has 0 unspecified atom stereocenters. The Labute approximate surface area is 114 Å². The minimum Gasteiger partial charge on any atom is -0.388 e. The van der Waals surface area contributed by atoms with Gasteiger partial charge in [0.1, 0.15) is 30.5 Å². The van der Waals surface area contributed by atoms with Gasteiger partial charge in [-0.3, -0.25) is 4.52 Å². The molecule has 6 N–H and O–H groups in total. The van der Waals surface area contributed by atoms with Crippen LogP contribution in [-0.2, 0) is 18.6 Å². The van der Waals surface area contributed by atoms with Crippen LogP contribution in [0.3, 0.4) is 0 Å². The van der Waals surface area contributed by atoms with Crippen LogP contribution in [0.15, 0.2) is 0 Å². The number of hydrogen-bond acceptors (Lipinski definition) is 8. The first kappa shape index (κ1) is 17.9. The zero-order chi connectivity index (χ0) is 15.5. The summed E-state index contributed by atoms with van der Waals surface area (Å²) in [7, 11) is -4.79. The van der Waals surface area contributed by atoms with Crippen LogP contribution in [0.2, 0.25) is 0 Å². The Kier molecular flexibility index (Phi) is 6.48. The number of phosphoric ester groups is 1. The minimum atomic E-state index is -4.79. The average Bonchev–Trinajstić information content (AvgIpc) is 2.36. The lowest BCUT2D eigenvalue weighted by Crippen LogP contribution is -2.61. The third-order valence-corrected chi connectivity index (χ3v) is 3.22. The molecule has 1 aliphatic rings. The van der Waals surface area contributed by atoms with Crippen molar-refractivity contribution in [2.24, 2.45) is 0 Å². The van der Waals surface area contributed by atoms with Gasteiger partial charge in [0.15, 0.2) is 6.29 Å². The highest BCUT2D eigenvalue weighted by molar-refractivity contribution is 7.46. The standard InChI is InChI=1S/C9H19O10P/c1-2-17-9-7(13)5(11)6(12)8(19-9)4(10)3-18-20(14,15)16/h4-13H,2-3H2,1H3,(H2,14,15,16)/t4-,5+,6+,7+,8-,9+/m1/s1. The van der Waals surface area contributed by atoms with Crippen molar-refractivity contribution in [3.63, 3.8) is 0 Å². The first-order valence-electron chi connectivity index (χ1n) is 5.86. The molecule has 6 atom stereocenters. The second kappa shape index (κ2) is 7.23. The molecular formula is C9H19O10P. The molecule has 1 saturated heterocycles. The Morgan fingerprint density at radius 2 is 1.80 bits per heavy atom. The van der Waals surface area contributed by atoms with Crippen LogP contribution in [0.25, 0.3) is 0 Å². The number of phosphoric acid groups is 1. The first-order valence-corrected chi connectivity index (χ1v) is 7.39. The average molecular weight is 318 g/mol. The molecule has 0 radical (unpaired) electrons. The van der Waals surface area contributed by atoms with Crippen molar-refractivity contribution < 1.29 is 48.8 Å². The molecule has 20 heavy (non-hydrogen) atoms. The quantitative estimate of drug-likeness (QED) is 0.284. The molecule has 0 bridgehead atoms. The van der Waals surface area contributed by atoms with Crippen molar-refractivity contribution in [1.82, 2.24) is 0 Å². The van der Waals surface area contributed by atoms with E-state index in [1.165, 1.54) is 0 Å². The topological polar surface area (TPSA) is 166 Å². The first-order chi connectivity index (χ1) is 9.17. The lowest BCUT2D eigenvalue weighted by molar-refractivity contribution is -0.310. The van der Waals surface area contributed by atoms with Crippen molar-refractivity contribution >= 4 is 7.82 Å². The van der Waals surface area contributed by atoms with E-state index in [0.29, 0.717) is 0 Å². The van der Waals surface area contributed by atoms with Crippen molar-refractivity contribution in [3.8, 4) is 0 Å². The lowest BCUT2D eigenvalue weighted by Gasteiger charge is -2.41. The van der Waals surface area contributed by atoms with Gasteiger partial charge in [0, 0.05) is 6.61 Å². The Morgan fingerprint density at radius 1 is 1.20 bits per heavy atom. The van der Waals surface area contributed by atoms with Gasteiger partial charge in [0.05, 0.1) is 6.61 Å². The molecule has 10 nitrogen and oxygen atoms in total. The summed E-state index contributed by atoms with van der Waals surface area (Å²) in [6.45, 7) is 0.926. The van der Waals surface area contributed by atoms with Crippen molar-refractivity contribution in [1.29, 1.82) is 0 Å². The van der Waals surface area contributed by atoms with E-state index in [9.17, 15) is 25.0 Å². The zero-order valence-corrected chi connectivity index (χ0v) is 11.5. The van der Waals surface area contributed by atoms with Crippen LogP contribution in [-0.4, -0.2) is 80.2 Å². The molecule has 11 heteroatoms. The van der Waals surface area contributed by atoms with E-state index in [-0.39, 0.29) is 6.61 Å². The van der Waals surface area contributed by atoms with Crippen LogP contribution in [0.4, 0.5) is 0 Å². The van der Waals surface area contributed by atoms with Gasteiger partial charge in [-0.05, 0) is 6.92 Å². The molecule has 0 aliphatic carbocycles. The highest BCUT2D eigenvalue weighted by atomic mass is 31.2. The van der Waals surface area contributed by atoms with E-state index in [4.69, 9.17) is 19.3 Å². The SMILES string of the molecule is CCO[C@H]1O[C@H]([C@H](O)COP(=O)(O)O)[C@@H](O)[C@H](O)[C@@H]1O. The van der Waals surface area contributed by atoms with E-state index >= 15 is 0 Å². The fourth-order valence-corrected chi connectivity index (χ4v) is 2.11. The highest BCUT2D eigenvalue weighted by Crippen LogP contribution is 2.36. The Hall–Kier alpha value is -0.130. The zero-order valence-electron chi connectivity index (χ0n) is 10.6. The smallest absolute Gasteiger partial charge is 0.388 e. The maximum Gasteiger partial charge on any atom is 0.469 e. The van der Waals surface area contributed by atoms with Gasteiger partial charge in [-0.1, -0.05) is 0 Å². The number of aliphatic hydroxyl groups excluding tert-OH is 4. The summed E-state index contributed by atoms with van der Waals surface area (Å²) in [5.41, 5.74) is 0. The van der Waals surface area contributed by atoms with E-state index in [1.807, 2.05) is 0 Å². The third-order valence-electron chi connectivity index (χ3n) is 2.73. The number of hydrogen-bond donors (Lipinski definition) is 6. The van der Waals surface area contributed by atoms with Gasteiger partial charge in [0.2, 0.25) is 0 Å². The normalized spacial score (nSPS) is 36.9. The molecule has 0 saturated carbocycles. The van der Waals surface area contributed by atoms with Crippen LogP contribution >= 0.6 is 7.82 Å². The Balaban J connectivity index is 2.69. The minimum absolute atomic E-state index is 0.145. The van der Waals surface area contributed by atoms with Crippen molar-refractivity contribution in [2.45, 2.75) is 43.7 Å². The number of ether oxygens (including phenoxy) is 2. The molecular weight excluding hydrogens is 299 g/mol. The molecule has 0 spiro atoms. The summed E-state index contributed by atoms with van der Waals surface area (Å²) in [5, 5.41) is 38.6. The van der Waals surface area contributed by atoms with E-state index < -0.39 is 51.2 Å². The Morgan fingerprint density at radius 3 is 2.30 bits per heavy atom. The molecule has 0 aromatic carbocycles.